The molecule has 0 aromatic carbocycles. The van der Waals surface area contributed by atoms with Gasteiger partial charge in [0.2, 0.25) is 5.91 Å². The maximum atomic E-state index is 12.9. The van der Waals surface area contributed by atoms with Gasteiger partial charge in [-0.3, -0.25) is 13.8 Å². The molecule has 0 aromatic heterocycles. The van der Waals surface area contributed by atoms with Crippen LogP contribution in [0.5, 0.6) is 0 Å². The molecule has 0 aliphatic rings. The van der Waals surface area contributed by atoms with Crippen molar-refractivity contribution < 1.29 is 38.0 Å². The number of aliphatic hydroxyl groups excluding tert-OH is 2. The zero-order valence-corrected chi connectivity index (χ0v) is 41.9. The highest BCUT2D eigenvalue weighted by atomic mass is 31.2. The van der Waals surface area contributed by atoms with Crippen molar-refractivity contribution >= 4 is 13.7 Å². The molecule has 4 N–H and O–H groups in total. The number of carbonyl (C=O) groups excluding carboxylic acids is 1. The Bertz CT molecular complexity index is 1580. The van der Waals surface area contributed by atoms with Crippen LogP contribution >= 0.6 is 7.82 Å². The largest absolute Gasteiger partial charge is 0.472 e. The van der Waals surface area contributed by atoms with Gasteiger partial charge < -0.3 is 24.9 Å². The first-order valence-corrected chi connectivity index (χ1v) is 25.7. The molecule has 0 bridgehead atoms. The van der Waals surface area contributed by atoms with Gasteiger partial charge >= 0.3 is 7.82 Å². The minimum atomic E-state index is -4.46. The molecule has 9 nitrogen and oxygen atoms in total. The number of likely N-dealkylation sites (N-methyl/N-ethyl adjacent to an activating group) is 1. The first-order chi connectivity index (χ1) is 31.4. The van der Waals surface area contributed by atoms with E-state index in [1.807, 2.05) is 34.1 Å². The molecular weight excluding hydrogens is 832 g/mol. The number of allylic oxidation sites excluding steroid dienone is 24. The van der Waals surface area contributed by atoms with E-state index in [1.54, 1.807) is 0 Å². The predicted molar refractivity (Wildman–Crippen MR) is 277 cm³/mol. The van der Waals surface area contributed by atoms with Crippen molar-refractivity contribution in [3.05, 3.63) is 146 Å². The van der Waals surface area contributed by atoms with Crippen LogP contribution in [-0.4, -0.2) is 84.6 Å². The Balaban J connectivity index is 4.54. The van der Waals surface area contributed by atoms with Crippen LogP contribution in [0.25, 0.3) is 0 Å². The molecule has 65 heavy (non-hydrogen) atoms. The summed E-state index contributed by atoms with van der Waals surface area (Å²) < 4.78 is 23.5. The third-order valence-electron chi connectivity index (χ3n) is 9.71. The summed E-state index contributed by atoms with van der Waals surface area (Å²) in [5.74, 6) is -0.341. The summed E-state index contributed by atoms with van der Waals surface area (Å²) in [7, 11) is 1.34. The highest BCUT2D eigenvalue weighted by Crippen LogP contribution is 2.43. The quantitative estimate of drug-likeness (QED) is 0.0208. The SMILES string of the molecule is C/C=C/CC/C=C/CC/C=C/CCCC(O)C(O)C(COP(=O)(O)OCC[N+](C)(C)C)NC(=O)CCC/C=C\C/C=C\C/C=C\C/C=C\C/C=C\C/C=C\C/C=C\C/C=C\C/C=C\CC. The fourth-order valence-electron chi connectivity index (χ4n) is 5.89. The Morgan fingerprint density at radius 1 is 0.569 bits per heavy atom. The molecule has 4 unspecified atom stereocenters. The topological polar surface area (TPSA) is 125 Å². The van der Waals surface area contributed by atoms with Gasteiger partial charge in [-0.15, -0.1) is 0 Å². The average molecular weight is 922 g/mol. The van der Waals surface area contributed by atoms with E-state index in [2.05, 4.69) is 152 Å². The first-order valence-electron chi connectivity index (χ1n) is 24.3. The van der Waals surface area contributed by atoms with Crippen LogP contribution in [0.4, 0.5) is 0 Å². The number of nitrogens with zero attached hydrogens (tertiary/aromatic N) is 1. The average Bonchev–Trinajstić information content (AvgIpc) is 3.26. The number of nitrogens with one attached hydrogen (secondary N) is 1. The van der Waals surface area contributed by atoms with E-state index in [0.717, 1.165) is 89.9 Å². The fourth-order valence-corrected chi connectivity index (χ4v) is 6.62. The minimum absolute atomic E-state index is 0.00801. The highest BCUT2D eigenvalue weighted by Gasteiger charge is 2.31. The number of phosphoric acid groups is 1. The molecule has 10 heteroatoms. The van der Waals surface area contributed by atoms with Crippen molar-refractivity contribution in [3.8, 4) is 0 Å². The summed E-state index contributed by atoms with van der Waals surface area (Å²) in [6, 6.07) is -1.10. The van der Waals surface area contributed by atoms with Gasteiger partial charge in [-0.1, -0.05) is 153 Å². The Hall–Kier alpha value is -3.66. The maximum Gasteiger partial charge on any atom is 0.472 e. The molecule has 0 aliphatic heterocycles. The van der Waals surface area contributed by atoms with Crippen molar-refractivity contribution in [1.29, 1.82) is 0 Å². The van der Waals surface area contributed by atoms with Crippen LogP contribution in [0.2, 0.25) is 0 Å². The number of phosphoric ester groups is 1. The summed E-state index contributed by atoms with van der Waals surface area (Å²) in [5.41, 5.74) is 0. The molecule has 0 spiro atoms. The summed E-state index contributed by atoms with van der Waals surface area (Å²) in [4.78, 5) is 23.2. The summed E-state index contributed by atoms with van der Waals surface area (Å²) in [6.07, 6.45) is 65.2. The first kappa shape index (κ1) is 61.3. The van der Waals surface area contributed by atoms with E-state index in [1.165, 1.54) is 0 Å². The Morgan fingerprint density at radius 3 is 1.38 bits per heavy atom. The summed E-state index contributed by atoms with van der Waals surface area (Å²) in [5, 5.41) is 24.6. The van der Waals surface area contributed by atoms with Gasteiger partial charge in [-0.05, 0) is 122 Å². The highest BCUT2D eigenvalue weighted by molar-refractivity contribution is 7.47. The molecule has 0 aromatic rings. The molecule has 0 rings (SSSR count). The Labute approximate surface area is 396 Å². The van der Waals surface area contributed by atoms with Crippen LogP contribution in [-0.2, 0) is 18.4 Å². The van der Waals surface area contributed by atoms with Crippen molar-refractivity contribution in [2.24, 2.45) is 0 Å². The van der Waals surface area contributed by atoms with Gasteiger partial charge in [0.05, 0.1) is 39.9 Å². The number of rotatable bonds is 41. The van der Waals surface area contributed by atoms with Crippen LogP contribution in [0, 0.1) is 0 Å². The van der Waals surface area contributed by atoms with Gasteiger partial charge in [0, 0.05) is 6.42 Å². The molecule has 0 aliphatic carbocycles. The van der Waals surface area contributed by atoms with E-state index < -0.39 is 32.7 Å². The third-order valence-corrected chi connectivity index (χ3v) is 10.7. The number of hydrogen-bond donors (Lipinski definition) is 4. The van der Waals surface area contributed by atoms with Crippen molar-refractivity contribution in [2.45, 2.75) is 154 Å². The van der Waals surface area contributed by atoms with Crippen molar-refractivity contribution in [1.82, 2.24) is 5.32 Å². The number of hydrogen-bond acceptors (Lipinski definition) is 6. The summed E-state index contributed by atoms with van der Waals surface area (Å²) >= 11 is 0. The minimum Gasteiger partial charge on any atom is -0.390 e. The number of amides is 1. The number of quaternary nitrogens is 1. The number of aliphatic hydroxyl groups is 2. The van der Waals surface area contributed by atoms with E-state index >= 15 is 0 Å². The van der Waals surface area contributed by atoms with Crippen LogP contribution in [0.1, 0.15) is 136 Å². The second-order valence-corrected chi connectivity index (χ2v) is 18.3. The smallest absolute Gasteiger partial charge is 0.390 e. The molecule has 0 heterocycles. The van der Waals surface area contributed by atoms with Crippen LogP contribution in [0.3, 0.4) is 0 Å². The molecular formula is C55H90N2O7P+. The Kier molecular flexibility index (Phi) is 41.7. The molecule has 0 fully saturated rings. The second kappa shape index (κ2) is 44.2. The Morgan fingerprint density at radius 2 is 0.954 bits per heavy atom. The zero-order valence-electron chi connectivity index (χ0n) is 41.0. The van der Waals surface area contributed by atoms with Gasteiger partial charge in [-0.25, -0.2) is 4.57 Å². The lowest BCUT2D eigenvalue weighted by atomic mass is 10.0. The van der Waals surface area contributed by atoms with Crippen molar-refractivity contribution in [3.63, 3.8) is 0 Å². The number of unbranched alkanes of at least 4 members (excludes halogenated alkanes) is 4. The lowest BCUT2D eigenvalue weighted by Crippen LogP contribution is -2.51. The number of carbonyl (C=O) groups is 1. The third kappa shape index (κ3) is 45.3. The lowest BCUT2D eigenvalue weighted by molar-refractivity contribution is -0.870. The van der Waals surface area contributed by atoms with E-state index in [4.69, 9.17) is 9.05 Å². The molecule has 0 radical (unpaired) electrons. The lowest BCUT2D eigenvalue weighted by Gasteiger charge is -2.28. The molecule has 4 atom stereocenters. The van der Waals surface area contributed by atoms with Gasteiger partial charge in [0.25, 0.3) is 0 Å². The van der Waals surface area contributed by atoms with Crippen molar-refractivity contribution in [2.75, 3.05) is 40.9 Å². The van der Waals surface area contributed by atoms with Gasteiger partial charge in [0.15, 0.2) is 0 Å². The van der Waals surface area contributed by atoms with Crippen LogP contribution in [0.15, 0.2) is 146 Å². The van der Waals surface area contributed by atoms with Gasteiger partial charge in [0.1, 0.15) is 19.3 Å². The van der Waals surface area contributed by atoms with E-state index in [-0.39, 0.29) is 18.9 Å². The molecule has 0 saturated heterocycles. The second-order valence-electron chi connectivity index (χ2n) is 16.9. The predicted octanol–water partition coefficient (Wildman–Crippen LogP) is 13.2. The fraction of sp³-hybridized carbons (Fsp3) is 0.545. The monoisotopic (exact) mass is 922 g/mol. The van der Waals surface area contributed by atoms with Gasteiger partial charge in [-0.2, -0.15) is 0 Å². The molecule has 366 valence electrons. The zero-order chi connectivity index (χ0) is 48.0. The maximum absolute atomic E-state index is 12.9. The molecule has 1 amide bonds. The van der Waals surface area contributed by atoms with E-state index in [0.29, 0.717) is 36.7 Å². The normalized spacial score (nSPS) is 15.9. The van der Waals surface area contributed by atoms with E-state index in [9.17, 15) is 24.5 Å². The molecule has 0 saturated carbocycles. The summed E-state index contributed by atoms with van der Waals surface area (Å²) in [6.45, 7) is 4.16. The van der Waals surface area contributed by atoms with Crippen LogP contribution < -0.4 is 5.32 Å². The standard InChI is InChI=1S/C55H89N2O7P/c1-6-8-10-12-14-16-18-20-21-22-23-24-25-26-27-28-29-30-31-32-33-34-35-36-38-40-42-44-46-48-54(59)56-52(51-64-65(61,62)63-50-49-57(3,4)5)55(60)53(58)47-45-43-41-39-37-19-17-15-13-11-9-7-2/h7-10,14-17,20-21,23-24,26-27,29-30,32-33,35-36,39-42,52-53,55,58,60H,6,11-13,18-19,22,25,28,31,34,37-38,43-51H2,1-5H3,(H-,56,59,61,62)/p+1/b9-7+,10-8-,16-14-,17-15+,21-20-,24-23-,27-26-,30-29-,33-32-,36-35-,41-39+,42-40-.